The Morgan fingerprint density at radius 2 is 1.76 bits per heavy atom. The van der Waals surface area contributed by atoms with Gasteiger partial charge in [-0.1, -0.05) is 6.07 Å². The Kier molecular flexibility index (Phi) is 5.50. The molecule has 0 aliphatic carbocycles. The molecule has 0 unspecified atom stereocenters. The molecule has 170 valence electrons. The molecule has 4 aromatic heterocycles. The number of morpholine rings is 1. The van der Waals surface area contributed by atoms with E-state index in [1.54, 1.807) is 23.9 Å². The zero-order valence-electron chi connectivity index (χ0n) is 18.3. The van der Waals surface area contributed by atoms with Crippen LogP contribution < -0.4 is 15.5 Å². The Balaban J connectivity index is 1.35. The van der Waals surface area contributed by atoms with Gasteiger partial charge in [0.05, 0.1) is 18.9 Å². The van der Waals surface area contributed by atoms with E-state index in [0.29, 0.717) is 28.7 Å². The molecular weight excluding hydrogens is 448 g/mol. The van der Waals surface area contributed by atoms with Crippen LogP contribution in [-0.2, 0) is 4.74 Å². The maximum absolute atomic E-state index is 5.46. The van der Waals surface area contributed by atoms with Crippen LogP contribution in [-0.4, -0.2) is 50.8 Å². The molecule has 0 amide bonds. The summed E-state index contributed by atoms with van der Waals surface area (Å²) in [5.41, 5.74) is 4.51. The third-order valence-corrected chi connectivity index (χ3v) is 6.26. The van der Waals surface area contributed by atoms with Crippen LogP contribution in [0.5, 0.6) is 0 Å². The summed E-state index contributed by atoms with van der Waals surface area (Å²) in [7, 11) is 0. The number of fused-ring (bicyclic) bond motifs is 1. The molecule has 10 heteroatoms. The van der Waals surface area contributed by atoms with Crippen molar-refractivity contribution in [1.29, 1.82) is 0 Å². The maximum Gasteiger partial charge on any atom is 0.232 e. The first-order valence-corrected chi connectivity index (χ1v) is 11.9. The number of aromatic nitrogens is 5. The van der Waals surface area contributed by atoms with E-state index in [4.69, 9.17) is 14.7 Å². The number of nitrogens with one attached hydrogen (secondary N) is 2. The molecule has 6 rings (SSSR count). The third kappa shape index (κ3) is 4.16. The van der Waals surface area contributed by atoms with Crippen molar-refractivity contribution in [2.75, 3.05) is 41.8 Å². The van der Waals surface area contributed by atoms with Gasteiger partial charge in [0.2, 0.25) is 5.95 Å². The lowest BCUT2D eigenvalue weighted by molar-refractivity contribution is 0.122. The van der Waals surface area contributed by atoms with E-state index in [1.165, 1.54) is 5.69 Å². The maximum atomic E-state index is 5.46. The number of rotatable bonds is 6. The Morgan fingerprint density at radius 3 is 2.53 bits per heavy atom. The predicted octanol–water partition coefficient (Wildman–Crippen LogP) is 4.60. The van der Waals surface area contributed by atoms with E-state index in [-0.39, 0.29) is 0 Å². The molecule has 1 aliphatic rings. The molecule has 1 saturated heterocycles. The molecule has 0 radical (unpaired) electrons. The number of pyridine rings is 1. The van der Waals surface area contributed by atoms with Gasteiger partial charge in [-0.25, -0.2) is 9.97 Å². The smallest absolute Gasteiger partial charge is 0.232 e. The van der Waals surface area contributed by atoms with E-state index in [0.717, 1.165) is 37.7 Å². The quantitative estimate of drug-likeness (QED) is 0.372. The first-order chi connectivity index (χ1) is 16.8. The monoisotopic (exact) mass is 470 g/mol. The van der Waals surface area contributed by atoms with Crippen molar-refractivity contribution in [3.05, 3.63) is 71.8 Å². The van der Waals surface area contributed by atoms with Crippen molar-refractivity contribution < 1.29 is 4.74 Å². The predicted molar refractivity (Wildman–Crippen MR) is 135 cm³/mol. The number of hydrogen-bond donors (Lipinski definition) is 2. The molecule has 1 aromatic carbocycles. The number of benzene rings is 1. The molecular formula is C24H22N8OS. The summed E-state index contributed by atoms with van der Waals surface area (Å²) in [4.78, 5) is 20.8. The van der Waals surface area contributed by atoms with Gasteiger partial charge < -0.3 is 20.3 Å². The highest BCUT2D eigenvalue weighted by Gasteiger charge is 2.16. The lowest BCUT2D eigenvalue weighted by Crippen LogP contribution is -2.36. The molecule has 5 heterocycles. The molecule has 1 aliphatic heterocycles. The highest BCUT2D eigenvalue weighted by molar-refractivity contribution is 7.08. The molecule has 5 aromatic rings. The van der Waals surface area contributed by atoms with E-state index in [1.807, 2.05) is 34.2 Å². The Bertz CT molecular complexity index is 1380. The van der Waals surface area contributed by atoms with Crippen LogP contribution >= 0.6 is 11.3 Å². The van der Waals surface area contributed by atoms with Crippen molar-refractivity contribution >= 4 is 51.5 Å². The highest BCUT2D eigenvalue weighted by Crippen LogP contribution is 2.28. The van der Waals surface area contributed by atoms with Crippen LogP contribution in [0.3, 0.4) is 0 Å². The first-order valence-electron chi connectivity index (χ1n) is 11.0. The summed E-state index contributed by atoms with van der Waals surface area (Å²) in [6.07, 6.45) is 3.50. The number of nitrogens with zero attached hydrogens (tertiary/aromatic N) is 6. The van der Waals surface area contributed by atoms with Crippen LogP contribution in [0, 0.1) is 0 Å². The zero-order valence-corrected chi connectivity index (χ0v) is 19.1. The lowest BCUT2D eigenvalue weighted by atomic mass is 10.2. The fourth-order valence-corrected chi connectivity index (χ4v) is 4.52. The molecule has 0 spiro atoms. The van der Waals surface area contributed by atoms with Gasteiger partial charge in [-0.15, -0.1) is 0 Å². The number of thiophene rings is 1. The molecule has 0 saturated carbocycles. The summed E-state index contributed by atoms with van der Waals surface area (Å²) in [5.74, 6) is 1.73. The zero-order chi connectivity index (χ0) is 22.7. The van der Waals surface area contributed by atoms with Crippen molar-refractivity contribution in [1.82, 2.24) is 24.5 Å². The Morgan fingerprint density at radius 1 is 0.882 bits per heavy atom. The average molecular weight is 471 g/mol. The second kappa shape index (κ2) is 9.08. The summed E-state index contributed by atoms with van der Waals surface area (Å²) in [5, 5.41) is 10.7. The van der Waals surface area contributed by atoms with Crippen LogP contribution in [0.1, 0.15) is 0 Å². The molecule has 9 nitrogen and oxygen atoms in total. The number of anilines is 5. The first kappa shape index (κ1) is 20.6. The topological polar surface area (TPSA) is 93.0 Å². The van der Waals surface area contributed by atoms with Gasteiger partial charge in [-0.2, -0.15) is 21.3 Å². The van der Waals surface area contributed by atoms with E-state index in [2.05, 4.69) is 55.1 Å². The van der Waals surface area contributed by atoms with Crippen LogP contribution in [0.15, 0.2) is 71.8 Å². The van der Waals surface area contributed by atoms with Crippen molar-refractivity contribution in [3.8, 4) is 5.69 Å². The lowest BCUT2D eigenvalue weighted by Gasteiger charge is -2.28. The average Bonchev–Trinajstić information content (AvgIpc) is 3.56. The normalized spacial score (nSPS) is 13.8. The summed E-state index contributed by atoms with van der Waals surface area (Å²) in [6, 6.07) is 16.0. The fraction of sp³-hybridized carbons (Fsp3) is 0.167. The number of ether oxygens (including phenoxy) is 1. The van der Waals surface area contributed by atoms with Crippen LogP contribution in [0.4, 0.5) is 29.0 Å². The minimum absolute atomic E-state index is 0.440. The van der Waals surface area contributed by atoms with Crippen LogP contribution in [0.25, 0.3) is 16.9 Å². The van der Waals surface area contributed by atoms with E-state index < -0.39 is 0 Å². The van der Waals surface area contributed by atoms with Crippen LogP contribution in [0.2, 0.25) is 0 Å². The molecule has 0 atom stereocenters. The SMILES string of the molecule is c1ccc(Nc2nc(Nc3ccc(N4CCOCC4)cc3)c3ncn(-c4ccsc4)c3n2)nc1. The molecule has 34 heavy (non-hydrogen) atoms. The minimum Gasteiger partial charge on any atom is -0.378 e. The van der Waals surface area contributed by atoms with Gasteiger partial charge in [-0.05, 0) is 47.8 Å². The second-order valence-corrected chi connectivity index (χ2v) is 8.56. The van der Waals surface area contributed by atoms with Crippen molar-refractivity contribution in [2.24, 2.45) is 0 Å². The third-order valence-electron chi connectivity index (χ3n) is 5.59. The Labute approximate surface area is 200 Å². The van der Waals surface area contributed by atoms with E-state index in [9.17, 15) is 0 Å². The number of hydrogen-bond acceptors (Lipinski definition) is 9. The van der Waals surface area contributed by atoms with Crippen molar-refractivity contribution in [3.63, 3.8) is 0 Å². The van der Waals surface area contributed by atoms with Gasteiger partial charge in [0.25, 0.3) is 0 Å². The van der Waals surface area contributed by atoms with Gasteiger partial charge in [0.1, 0.15) is 12.1 Å². The summed E-state index contributed by atoms with van der Waals surface area (Å²) in [6.45, 7) is 3.33. The van der Waals surface area contributed by atoms with Gasteiger partial charge in [-0.3, -0.25) is 4.57 Å². The minimum atomic E-state index is 0.440. The largest absolute Gasteiger partial charge is 0.378 e. The van der Waals surface area contributed by atoms with Gasteiger partial charge in [0, 0.05) is 36.0 Å². The molecule has 2 N–H and O–H groups in total. The van der Waals surface area contributed by atoms with E-state index >= 15 is 0 Å². The standard InChI is InChI=1S/C24H22N8OS/c1-2-9-25-20(3-1)28-24-29-22(21-23(30-24)32(16-26-21)19-8-14-34-15-19)27-17-4-6-18(7-5-17)31-10-12-33-13-11-31/h1-9,14-16H,10-13H2,(H2,25,27,28,29,30). The summed E-state index contributed by atoms with van der Waals surface area (Å²) < 4.78 is 7.42. The van der Waals surface area contributed by atoms with Crippen molar-refractivity contribution in [2.45, 2.75) is 0 Å². The molecule has 1 fully saturated rings. The summed E-state index contributed by atoms with van der Waals surface area (Å²) >= 11 is 1.63. The number of imidazole rings is 1. The van der Waals surface area contributed by atoms with Gasteiger partial charge >= 0.3 is 0 Å². The Hall–Kier alpha value is -4.02. The molecule has 0 bridgehead atoms. The highest BCUT2D eigenvalue weighted by atomic mass is 32.1. The second-order valence-electron chi connectivity index (χ2n) is 7.78. The van der Waals surface area contributed by atoms with Gasteiger partial charge in [0.15, 0.2) is 17.0 Å². The fourth-order valence-electron chi connectivity index (χ4n) is 3.89.